The van der Waals surface area contributed by atoms with Gasteiger partial charge in [-0.1, -0.05) is 43.6 Å². The third kappa shape index (κ3) is 4.10. The summed E-state index contributed by atoms with van der Waals surface area (Å²) in [7, 11) is 0. The minimum absolute atomic E-state index is 0.0120. The third-order valence-electron chi connectivity index (χ3n) is 4.88. The van der Waals surface area contributed by atoms with Crippen LogP contribution in [0.15, 0.2) is 42.5 Å². The lowest BCUT2D eigenvalue weighted by atomic mass is 9.92. The van der Waals surface area contributed by atoms with Gasteiger partial charge in [0, 0.05) is 16.3 Å². The number of imide groups is 1. The van der Waals surface area contributed by atoms with Crippen molar-refractivity contribution in [2.75, 3.05) is 11.9 Å². The second kappa shape index (κ2) is 7.83. The second-order valence-electron chi connectivity index (χ2n) is 7.40. The largest absolute Gasteiger partial charge is 0.325 e. The van der Waals surface area contributed by atoms with Gasteiger partial charge in [-0.15, -0.1) is 0 Å². The maximum absolute atomic E-state index is 13.3. The number of hydrogen-bond acceptors (Lipinski definition) is 3. The molecule has 29 heavy (non-hydrogen) atoms. The average Bonchev–Trinajstić information content (AvgIpc) is 2.85. The number of rotatable bonds is 5. The summed E-state index contributed by atoms with van der Waals surface area (Å²) in [6.45, 7) is 5.09. The van der Waals surface area contributed by atoms with Crippen LogP contribution >= 0.6 is 11.6 Å². The maximum Gasteiger partial charge on any atom is 0.325 e. The van der Waals surface area contributed by atoms with Crippen molar-refractivity contribution in [3.8, 4) is 0 Å². The van der Waals surface area contributed by atoms with Crippen LogP contribution in [-0.2, 0) is 15.1 Å². The Morgan fingerprint density at radius 1 is 1.24 bits per heavy atom. The number of halogens is 2. The number of anilines is 1. The average molecular weight is 418 g/mol. The lowest BCUT2D eigenvalue weighted by molar-refractivity contribution is -0.133. The van der Waals surface area contributed by atoms with E-state index in [2.05, 4.69) is 10.6 Å². The zero-order chi connectivity index (χ0) is 21.3. The fourth-order valence-electron chi connectivity index (χ4n) is 3.24. The first kappa shape index (κ1) is 20.8. The molecule has 152 valence electrons. The molecule has 2 aromatic rings. The number of nitrogens with zero attached hydrogens (tertiary/aromatic N) is 1. The Morgan fingerprint density at radius 3 is 2.62 bits per heavy atom. The first-order valence-corrected chi connectivity index (χ1v) is 9.49. The molecule has 0 saturated carbocycles. The fraction of sp³-hybridized carbons (Fsp3) is 0.286. The van der Waals surface area contributed by atoms with Crippen LogP contribution in [0, 0.1) is 5.82 Å². The predicted molar refractivity (Wildman–Crippen MR) is 108 cm³/mol. The lowest BCUT2D eigenvalue weighted by Crippen LogP contribution is -2.42. The van der Waals surface area contributed by atoms with E-state index in [1.807, 2.05) is 32.0 Å². The number of nitrogens with one attached hydrogen (secondary N) is 2. The smallest absolute Gasteiger partial charge is 0.325 e. The monoisotopic (exact) mass is 417 g/mol. The van der Waals surface area contributed by atoms with Gasteiger partial charge in [-0.3, -0.25) is 14.5 Å². The summed E-state index contributed by atoms with van der Waals surface area (Å²) in [5.41, 5.74) is 0.403. The van der Waals surface area contributed by atoms with Gasteiger partial charge in [0.15, 0.2) is 0 Å². The Balaban J connectivity index is 1.76. The highest BCUT2D eigenvalue weighted by molar-refractivity contribution is 6.32. The molecule has 0 aromatic heterocycles. The second-order valence-corrected chi connectivity index (χ2v) is 7.81. The van der Waals surface area contributed by atoms with Crippen molar-refractivity contribution < 1.29 is 18.8 Å². The normalized spacial score (nSPS) is 18.9. The zero-order valence-electron chi connectivity index (χ0n) is 16.3. The lowest BCUT2D eigenvalue weighted by Gasteiger charge is -2.23. The highest BCUT2D eigenvalue weighted by Gasteiger charge is 2.50. The van der Waals surface area contributed by atoms with Crippen LogP contribution in [0.1, 0.15) is 37.8 Å². The number of urea groups is 1. The molecule has 0 bridgehead atoms. The van der Waals surface area contributed by atoms with Crippen LogP contribution in [0.4, 0.5) is 14.9 Å². The van der Waals surface area contributed by atoms with E-state index in [0.717, 1.165) is 22.6 Å². The third-order valence-corrected chi connectivity index (χ3v) is 5.20. The maximum atomic E-state index is 13.3. The van der Waals surface area contributed by atoms with Gasteiger partial charge in [0.1, 0.15) is 17.9 Å². The Kier molecular flexibility index (Phi) is 5.61. The van der Waals surface area contributed by atoms with Crippen molar-refractivity contribution in [2.24, 2.45) is 0 Å². The van der Waals surface area contributed by atoms with Gasteiger partial charge in [-0.25, -0.2) is 9.18 Å². The van der Waals surface area contributed by atoms with E-state index >= 15 is 0 Å². The summed E-state index contributed by atoms with van der Waals surface area (Å²) >= 11 is 6.07. The standard InChI is InChI=1S/C21H21ClFN3O3/c1-12(2)13-5-4-6-15(9-13)24-18(27)11-26-19(28)21(3,25-20(26)29)16-8-7-14(23)10-17(16)22/h4-10,12H,11H2,1-3H3,(H,24,27)(H,25,29). The molecule has 1 fully saturated rings. The Bertz CT molecular complexity index is 995. The summed E-state index contributed by atoms with van der Waals surface area (Å²) in [6, 6.07) is 10.2. The molecule has 0 spiro atoms. The molecule has 1 aliphatic heterocycles. The highest BCUT2D eigenvalue weighted by atomic mass is 35.5. The van der Waals surface area contributed by atoms with Crippen LogP contribution in [-0.4, -0.2) is 29.3 Å². The summed E-state index contributed by atoms with van der Waals surface area (Å²) in [6.07, 6.45) is 0. The molecule has 1 aliphatic rings. The number of benzene rings is 2. The van der Waals surface area contributed by atoms with Crippen LogP contribution in [0.5, 0.6) is 0 Å². The summed E-state index contributed by atoms with van der Waals surface area (Å²) in [5, 5.41) is 5.27. The van der Waals surface area contributed by atoms with E-state index in [9.17, 15) is 18.8 Å². The quantitative estimate of drug-likeness (QED) is 0.721. The molecule has 6 nitrogen and oxygen atoms in total. The number of amides is 4. The van der Waals surface area contributed by atoms with Gasteiger partial charge < -0.3 is 10.6 Å². The first-order chi connectivity index (χ1) is 13.6. The predicted octanol–water partition coefficient (Wildman–Crippen LogP) is 4.01. The van der Waals surface area contributed by atoms with Crippen LogP contribution in [0.2, 0.25) is 5.02 Å². The Hall–Kier alpha value is -2.93. The van der Waals surface area contributed by atoms with Gasteiger partial charge in [0.2, 0.25) is 5.91 Å². The van der Waals surface area contributed by atoms with Crippen molar-refractivity contribution in [1.29, 1.82) is 0 Å². The molecule has 1 saturated heterocycles. The number of hydrogen-bond donors (Lipinski definition) is 2. The van der Waals surface area contributed by atoms with Gasteiger partial charge in [0.25, 0.3) is 5.91 Å². The molecule has 8 heteroatoms. The number of carbonyl (C=O) groups is 3. The van der Waals surface area contributed by atoms with E-state index in [0.29, 0.717) is 11.6 Å². The molecular formula is C21H21ClFN3O3. The number of carbonyl (C=O) groups excluding carboxylic acids is 3. The molecule has 0 radical (unpaired) electrons. The van der Waals surface area contributed by atoms with Crippen LogP contribution < -0.4 is 10.6 Å². The Labute approximate surface area is 173 Å². The van der Waals surface area contributed by atoms with E-state index in [1.54, 1.807) is 6.07 Å². The van der Waals surface area contributed by atoms with Crippen molar-refractivity contribution in [3.05, 3.63) is 64.4 Å². The van der Waals surface area contributed by atoms with Gasteiger partial charge in [-0.2, -0.15) is 0 Å². The molecule has 1 atom stereocenters. The van der Waals surface area contributed by atoms with Crippen molar-refractivity contribution in [1.82, 2.24) is 10.2 Å². The summed E-state index contributed by atoms with van der Waals surface area (Å²) < 4.78 is 13.3. The minimum atomic E-state index is -1.49. The van der Waals surface area contributed by atoms with Crippen molar-refractivity contribution in [2.45, 2.75) is 32.2 Å². The molecule has 2 aromatic carbocycles. The molecular weight excluding hydrogens is 397 g/mol. The fourth-order valence-corrected chi connectivity index (χ4v) is 3.59. The van der Waals surface area contributed by atoms with E-state index in [4.69, 9.17) is 11.6 Å². The van der Waals surface area contributed by atoms with Crippen molar-refractivity contribution >= 4 is 35.1 Å². The molecule has 2 N–H and O–H groups in total. The van der Waals surface area contributed by atoms with Crippen LogP contribution in [0.25, 0.3) is 0 Å². The molecule has 0 aliphatic carbocycles. The SMILES string of the molecule is CC(C)c1cccc(NC(=O)CN2C(=O)NC(C)(c3ccc(F)cc3Cl)C2=O)c1. The summed E-state index contributed by atoms with van der Waals surface area (Å²) in [4.78, 5) is 38.6. The summed E-state index contributed by atoms with van der Waals surface area (Å²) in [5.74, 6) is -1.41. The van der Waals surface area contributed by atoms with Gasteiger partial charge in [-0.05, 0) is 42.7 Å². The highest BCUT2D eigenvalue weighted by Crippen LogP contribution is 2.34. The molecule has 1 heterocycles. The minimum Gasteiger partial charge on any atom is -0.325 e. The molecule has 3 rings (SSSR count). The van der Waals surface area contributed by atoms with Crippen LogP contribution in [0.3, 0.4) is 0 Å². The van der Waals surface area contributed by atoms with Gasteiger partial charge >= 0.3 is 6.03 Å². The van der Waals surface area contributed by atoms with E-state index < -0.39 is 35.7 Å². The van der Waals surface area contributed by atoms with Gasteiger partial charge in [0.05, 0.1) is 0 Å². The molecule has 4 amide bonds. The van der Waals surface area contributed by atoms with E-state index in [-0.39, 0.29) is 10.6 Å². The van der Waals surface area contributed by atoms with E-state index in [1.165, 1.54) is 13.0 Å². The topological polar surface area (TPSA) is 78.5 Å². The van der Waals surface area contributed by atoms with Crippen molar-refractivity contribution in [3.63, 3.8) is 0 Å². The zero-order valence-corrected chi connectivity index (χ0v) is 17.0. The first-order valence-electron chi connectivity index (χ1n) is 9.11. The Morgan fingerprint density at radius 2 is 1.97 bits per heavy atom. The molecule has 1 unspecified atom stereocenters.